The molecule has 0 unspecified atom stereocenters. The summed E-state index contributed by atoms with van der Waals surface area (Å²) in [6, 6.07) is 8.99. The molecule has 2 heterocycles. The number of benzene rings is 1. The van der Waals surface area contributed by atoms with E-state index >= 15 is 0 Å². The number of hydrogen-bond donors (Lipinski definition) is 3. The monoisotopic (exact) mass is 381 g/mol. The van der Waals surface area contributed by atoms with E-state index in [4.69, 9.17) is 5.73 Å². The number of carbonyl (C=O) groups is 2. The van der Waals surface area contributed by atoms with Crippen LogP contribution in [0.1, 0.15) is 38.4 Å². The van der Waals surface area contributed by atoms with Gasteiger partial charge in [0.1, 0.15) is 5.54 Å². The highest BCUT2D eigenvalue weighted by atomic mass is 16.2. The topological polar surface area (TPSA) is 126 Å². The third kappa shape index (κ3) is 3.47. The fourth-order valence-electron chi connectivity index (χ4n) is 3.77. The van der Waals surface area contributed by atoms with Crippen molar-refractivity contribution < 1.29 is 9.59 Å². The number of aromatic nitrogens is 3. The van der Waals surface area contributed by atoms with E-state index in [1.54, 1.807) is 0 Å². The van der Waals surface area contributed by atoms with E-state index in [2.05, 4.69) is 32.5 Å². The molecule has 1 saturated heterocycles. The summed E-state index contributed by atoms with van der Waals surface area (Å²) in [5, 5.41) is 5.95. The number of nitrogens with zero attached hydrogens (tertiary/aromatic N) is 4. The van der Waals surface area contributed by atoms with Crippen LogP contribution in [0.4, 0.5) is 22.4 Å². The number of rotatable bonds is 4. The van der Waals surface area contributed by atoms with E-state index in [1.165, 1.54) is 4.90 Å². The molecule has 0 radical (unpaired) electrons. The minimum atomic E-state index is -0.784. The van der Waals surface area contributed by atoms with Crippen LogP contribution in [-0.2, 0) is 11.3 Å². The quantitative estimate of drug-likeness (QED) is 0.693. The van der Waals surface area contributed by atoms with Gasteiger partial charge in [-0.2, -0.15) is 15.0 Å². The molecule has 4 N–H and O–H groups in total. The second-order valence-corrected chi connectivity index (χ2v) is 7.51. The van der Waals surface area contributed by atoms with Gasteiger partial charge in [-0.3, -0.25) is 9.69 Å². The van der Waals surface area contributed by atoms with Crippen LogP contribution in [0.25, 0.3) is 0 Å². The lowest BCUT2D eigenvalue weighted by atomic mass is 9.77. The number of imide groups is 1. The maximum Gasteiger partial charge on any atom is 0.325 e. The first-order chi connectivity index (χ1) is 13.4. The van der Waals surface area contributed by atoms with Crippen LogP contribution in [0, 0.1) is 5.92 Å². The fourth-order valence-corrected chi connectivity index (χ4v) is 3.77. The molecule has 2 aromatic rings. The SMILES string of the molecule is CC1CCC2(CC1)NC(=O)N(Cc1nc(N)nc(Nc3ccccc3)n1)C2=O. The van der Waals surface area contributed by atoms with Gasteiger partial charge in [-0.25, -0.2) is 4.79 Å². The second kappa shape index (κ2) is 7.06. The largest absolute Gasteiger partial charge is 0.368 e. The van der Waals surface area contributed by atoms with Gasteiger partial charge in [0.05, 0.1) is 6.54 Å². The molecule has 1 spiro atoms. The van der Waals surface area contributed by atoms with Crippen molar-refractivity contribution in [2.24, 2.45) is 5.92 Å². The molecule has 0 atom stereocenters. The first kappa shape index (κ1) is 18.1. The number of nitrogens with two attached hydrogens (primary N) is 1. The molecule has 1 aromatic carbocycles. The molecule has 146 valence electrons. The van der Waals surface area contributed by atoms with Crippen LogP contribution in [0.15, 0.2) is 30.3 Å². The van der Waals surface area contributed by atoms with Crippen molar-refractivity contribution in [3.8, 4) is 0 Å². The maximum atomic E-state index is 13.0. The predicted octanol–water partition coefficient (Wildman–Crippen LogP) is 2.20. The summed E-state index contributed by atoms with van der Waals surface area (Å²) in [4.78, 5) is 39.1. The Morgan fingerprint density at radius 3 is 2.61 bits per heavy atom. The third-order valence-electron chi connectivity index (χ3n) is 5.40. The van der Waals surface area contributed by atoms with Crippen molar-refractivity contribution in [2.45, 2.75) is 44.7 Å². The highest BCUT2D eigenvalue weighted by Gasteiger charge is 2.52. The Hall–Kier alpha value is -3.23. The zero-order chi connectivity index (χ0) is 19.7. The van der Waals surface area contributed by atoms with Crippen LogP contribution in [0.5, 0.6) is 0 Å². The third-order valence-corrected chi connectivity index (χ3v) is 5.40. The minimum absolute atomic E-state index is 0.0247. The fraction of sp³-hybridized carbons (Fsp3) is 0.421. The molecule has 1 aliphatic heterocycles. The molecule has 1 saturated carbocycles. The molecule has 28 heavy (non-hydrogen) atoms. The van der Waals surface area contributed by atoms with Crippen molar-refractivity contribution in [1.82, 2.24) is 25.2 Å². The molecular weight excluding hydrogens is 358 g/mol. The highest BCUT2D eigenvalue weighted by Crippen LogP contribution is 2.36. The van der Waals surface area contributed by atoms with Gasteiger partial charge < -0.3 is 16.4 Å². The summed E-state index contributed by atoms with van der Waals surface area (Å²) in [5.74, 6) is 0.912. The summed E-state index contributed by atoms with van der Waals surface area (Å²) >= 11 is 0. The number of amides is 3. The van der Waals surface area contributed by atoms with Crippen LogP contribution in [0.3, 0.4) is 0 Å². The Morgan fingerprint density at radius 1 is 1.18 bits per heavy atom. The number of urea groups is 1. The average Bonchev–Trinajstić information content (AvgIpc) is 2.89. The average molecular weight is 381 g/mol. The Bertz CT molecular complexity index is 894. The molecule has 4 rings (SSSR count). The minimum Gasteiger partial charge on any atom is -0.368 e. The van der Waals surface area contributed by atoms with Gasteiger partial charge >= 0.3 is 6.03 Å². The molecule has 9 heteroatoms. The van der Waals surface area contributed by atoms with Gasteiger partial charge in [-0.1, -0.05) is 25.1 Å². The van der Waals surface area contributed by atoms with E-state index in [9.17, 15) is 9.59 Å². The molecule has 1 aromatic heterocycles. The lowest BCUT2D eigenvalue weighted by Crippen LogP contribution is -2.49. The van der Waals surface area contributed by atoms with Crippen LogP contribution in [-0.4, -0.2) is 37.3 Å². The molecule has 1 aliphatic carbocycles. The molecule has 0 bridgehead atoms. The molecule has 2 aliphatic rings. The van der Waals surface area contributed by atoms with E-state index in [-0.39, 0.29) is 30.2 Å². The number of anilines is 3. The molecular formula is C19H23N7O2. The van der Waals surface area contributed by atoms with Crippen molar-refractivity contribution >= 4 is 29.5 Å². The van der Waals surface area contributed by atoms with Gasteiger partial charge in [0, 0.05) is 5.69 Å². The predicted molar refractivity (Wildman–Crippen MR) is 103 cm³/mol. The number of hydrogen-bond acceptors (Lipinski definition) is 7. The summed E-state index contributed by atoms with van der Waals surface area (Å²) < 4.78 is 0. The van der Waals surface area contributed by atoms with E-state index in [0.717, 1.165) is 18.5 Å². The summed E-state index contributed by atoms with van der Waals surface area (Å²) in [6.07, 6.45) is 3.16. The number of nitrogen functional groups attached to an aromatic ring is 1. The van der Waals surface area contributed by atoms with Gasteiger partial charge in [0.25, 0.3) is 5.91 Å². The van der Waals surface area contributed by atoms with Crippen molar-refractivity contribution in [3.63, 3.8) is 0 Å². The summed E-state index contributed by atoms with van der Waals surface area (Å²) in [5.41, 5.74) is 5.81. The zero-order valence-corrected chi connectivity index (χ0v) is 15.7. The molecule has 3 amide bonds. The Morgan fingerprint density at radius 2 is 1.89 bits per heavy atom. The van der Waals surface area contributed by atoms with Gasteiger partial charge in [0.15, 0.2) is 5.82 Å². The summed E-state index contributed by atoms with van der Waals surface area (Å²) in [7, 11) is 0. The van der Waals surface area contributed by atoms with Gasteiger partial charge in [-0.05, 0) is 43.7 Å². The smallest absolute Gasteiger partial charge is 0.325 e. The van der Waals surface area contributed by atoms with E-state index in [1.807, 2.05) is 30.3 Å². The van der Waals surface area contributed by atoms with Crippen LogP contribution in [0.2, 0.25) is 0 Å². The molecule has 2 fully saturated rings. The number of nitrogens with one attached hydrogen (secondary N) is 2. The lowest BCUT2D eigenvalue weighted by molar-refractivity contribution is -0.133. The highest BCUT2D eigenvalue weighted by molar-refractivity contribution is 6.07. The van der Waals surface area contributed by atoms with Crippen LogP contribution >= 0.6 is 0 Å². The lowest BCUT2D eigenvalue weighted by Gasteiger charge is -2.33. The van der Waals surface area contributed by atoms with E-state index in [0.29, 0.717) is 18.8 Å². The number of para-hydroxylation sites is 1. The van der Waals surface area contributed by atoms with Crippen molar-refractivity contribution in [3.05, 3.63) is 36.2 Å². The van der Waals surface area contributed by atoms with Gasteiger partial charge in [0.2, 0.25) is 11.9 Å². The first-order valence-electron chi connectivity index (χ1n) is 9.42. The van der Waals surface area contributed by atoms with Gasteiger partial charge in [-0.15, -0.1) is 0 Å². The first-order valence-corrected chi connectivity index (χ1v) is 9.42. The Kier molecular flexibility index (Phi) is 4.58. The Labute approximate surface area is 162 Å². The molecule has 9 nitrogen and oxygen atoms in total. The zero-order valence-electron chi connectivity index (χ0n) is 15.7. The normalized spacial score (nSPS) is 24.5. The van der Waals surface area contributed by atoms with Crippen molar-refractivity contribution in [1.29, 1.82) is 0 Å². The van der Waals surface area contributed by atoms with Crippen LogP contribution < -0.4 is 16.4 Å². The maximum absolute atomic E-state index is 13.0. The number of carbonyl (C=O) groups excluding carboxylic acids is 2. The van der Waals surface area contributed by atoms with E-state index < -0.39 is 11.6 Å². The van der Waals surface area contributed by atoms with Crippen molar-refractivity contribution in [2.75, 3.05) is 11.1 Å². The second-order valence-electron chi connectivity index (χ2n) is 7.51. The summed E-state index contributed by atoms with van der Waals surface area (Å²) in [6.45, 7) is 2.12. The standard InChI is InChI=1S/C19H23N7O2/c1-12-7-9-19(10-8-12)15(27)26(18(28)25-19)11-14-22-16(20)24-17(23-14)21-13-5-3-2-4-6-13/h2-6,12H,7-11H2,1H3,(H,25,28)(H3,20,21,22,23,24). The Balaban J connectivity index is 1.52.